The summed E-state index contributed by atoms with van der Waals surface area (Å²) >= 11 is 0. The summed E-state index contributed by atoms with van der Waals surface area (Å²) in [5, 5.41) is 2.86. The molecule has 0 saturated heterocycles. The van der Waals surface area contributed by atoms with E-state index in [4.69, 9.17) is 0 Å². The summed E-state index contributed by atoms with van der Waals surface area (Å²) in [5.41, 5.74) is 0.988. The van der Waals surface area contributed by atoms with E-state index >= 15 is 0 Å². The molecule has 0 fully saturated rings. The highest BCUT2D eigenvalue weighted by atomic mass is 32.2. The summed E-state index contributed by atoms with van der Waals surface area (Å²) < 4.78 is 27.7. The minimum atomic E-state index is -3.72. The van der Waals surface area contributed by atoms with E-state index in [-0.39, 0.29) is 16.7 Å². The predicted molar refractivity (Wildman–Crippen MR) is 102 cm³/mol. The zero-order chi connectivity index (χ0) is 18.9. The predicted octanol–water partition coefficient (Wildman–Crippen LogP) is 3.38. The fraction of sp³-hybridized carbons (Fsp3) is 0.632. The lowest BCUT2D eigenvalue weighted by atomic mass is 10.0. The first-order chi connectivity index (χ1) is 11.8. The number of carbonyl (C=O) groups excluding carboxylic acids is 1. The molecule has 0 aliphatic heterocycles. The molecule has 1 unspecified atom stereocenters. The fourth-order valence-corrected chi connectivity index (χ4v) is 3.75. The Kier molecular flexibility index (Phi) is 9.14. The lowest BCUT2D eigenvalue weighted by molar-refractivity contribution is -0.123. The molecule has 1 aromatic rings. The van der Waals surface area contributed by atoms with Crippen molar-refractivity contribution in [2.24, 2.45) is 5.92 Å². The van der Waals surface area contributed by atoms with Crippen LogP contribution in [0.15, 0.2) is 29.2 Å². The third-order valence-electron chi connectivity index (χ3n) is 3.98. The average molecular weight is 369 g/mol. The van der Waals surface area contributed by atoms with Gasteiger partial charge in [0.05, 0.1) is 4.90 Å². The first-order valence-electron chi connectivity index (χ1n) is 9.13. The number of nitrogens with one attached hydrogen (secondary N) is 2. The van der Waals surface area contributed by atoms with Crippen molar-refractivity contribution in [1.29, 1.82) is 0 Å². The van der Waals surface area contributed by atoms with Gasteiger partial charge in [-0.1, -0.05) is 57.7 Å². The van der Waals surface area contributed by atoms with Crippen LogP contribution in [-0.2, 0) is 14.8 Å². The van der Waals surface area contributed by atoms with Crippen molar-refractivity contribution in [3.63, 3.8) is 0 Å². The van der Waals surface area contributed by atoms with Gasteiger partial charge in [-0.2, -0.15) is 4.72 Å². The Morgan fingerprint density at radius 3 is 2.28 bits per heavy atom. The highest BCUT2D eigenvalue weighted by Crippen LogP contribution is 2.13. The number of sulfonamides is 1. The summed E-state index contributed by atoms with van der Waals surface area (Å²) in [5.74, 6) is -0.0440. The number of aryl methyl sites for hydroxylation is 1. The van der Waals surface area contributed by atoms with E-state index in [1.807, 2.05) is 20.8 Å². The second-order valence-electron chi connectivity index (χ2n) is 6.97. The minimum Gasteiger partial charge on any atom is -0.355 e. The number of amides is 1. The molecule has 1 rings (SSSR count). The van der Waals surface area contributed by atoms with Crippen LogP contribution < -0.4 is 10.0 Å². The van der Waals surface area contributed by atoms with Gasteiger partial charge in [0.1, 0.15) is 6.04 Å². The van der Waals surface area contributed by atoms with Gasteiger partial charge in [0.15, 0.2) is 0 Å². The maximum absolute atomic E-state index is 12.6. The third-order valence-corrected chi connectivity index (χ3v) is 5.47. The van der Waals surface area contributed by atoms with Crippen LogP contribution in [-0.4, -0.2) is 26.9 Å². The molecule has 25 heavy (non-hydrogen) atoms. The summed E-state index contributed by atoms with van der Waals surface area (Å²) in [6, 6.07) is 5.87. The molecule has 1 aromatic carbocycles. The van der Waals surface area contributed by atoms with Gasteiger partial charge < -0.3 is 5.32 Å². The molecule has 0 aromatic heterocycles. The van der Waals surface area contributed by atoms with Crippen molar-refractivity contribution >= 4 is 15.9 Å². The van der Waals surface area contributed by atoms with Crippen LogP contribution in [0.3, 0.4) is 0 Å². The summed E-state index contributed by atoms with van der Waals surface area (Å²) in [6.07, 6.45) is 4.73. The number of benzene rings is 1. The smallest absolute Gasteiger partial charge is 0.241 e. The molecular weight excluding hydrogens is 336 g/mol. The third kappa shape index (κ3) is 8.01. The summed E-state index contributed by atoms with van der Waals surface area (Å²) in [4.78, 5) is 12.6. The van der Waals surface area contributed by atoms with E-state index in [0.717, 1.165) is 31.2 Å². The van der Waals surface area contributed by atoms with Gasteiger partial charge in [-0.25, -0.2) is 8.42 Å². The molecule has 1 amide bonds. The molecule has 6 heteroatoms. The standard InChI is InChI=1S/C19H32N2O3S/c1-5-6-7-8-13-20-19(22)18(14-15(2)3)21-25(23,24)17-11-9-16(4)10-12-17/h9-12,15,18,21H,5-8,13-14H2,1-4H3,(H,20,22). The quantitative estimate of drug-likeness (QED) is 0.588. The van der Waals surface area contributed by atoms with E-state index in [0.29, 0.717) is 13.0 Å². The first-order valence-corrected chi connectivity index (χ1v) is 10.6. The first kappa shape index (κ1) is 21.6. The fourth-order valence-electron chi connectivity index (χ4n) is 2.54. The van der Waals surface area contributed by atoms with Crippen LogP contribution in [0.1, 0.15) is 58.4 Å². The lowest BCUT2D eigenvalue weighted by Gasteiger charge is -2.20. The molecule has 0 aliphatic carbocycles. The molecule has 0 radical (unpaired) electrons. The summed E-state index contributed by atoms with van der Waals surface area (Å²) in [7, 11) is -3.72. The van der Waals surface area contributed by atoms with E-state index in [1.165, 1.54) is 0 Å². The van der Waals surface area contributed by atoms with Crippen molar-refractivity contribution < 1.29 is 13.2 Å². The monoisotopic (exact) mass is 368 g/mol. The SMILES string of the molecule is CCCCCCNC(=O)C(CC(C)C)NS(=O)(=O)c1ccc(C)cc1. The summed E-state index contributed by atoms with van der Waals surface area (Å²) in [6.45, 7) is 8.57. The van der Waals surface area contributed by atoms with Gasteiger partial charge in [0.2, 0.25) is 15.9 Å². The molecule has 0 aliphatic rings. The number of hydrogen-bond donors (Lipinski definition) is 2. The Balaban J connectivity index is 2.74. The topological polar surface area (TPSA) is 75.3 Å². The Morgan fingerprint density at radius 2 is 1.72 bits per heavy atom. The maximum atomic E-state index is 12.6. The Bertz CT molecular complexity index is 625. The van der Waals surface area contributed by atoms with Crippen LogP contribution in [0, 0.1) is 12.8 Å². The zero-order valence-electron chi connectivity index (χ0n) is 15.8. The number of carbonyl (C=O) groups is 1. The molecule has 0 saturated carbocycles. The van der Waals surface area contributed by atoms with E-state index in [1.54, 1.807) is 24.3 Å². The normalized spacial score (nSPS) is 13.0. The van der Waals surface area contributed by atoms with Crippen LogP contribution >= 0.6 is 0 Å². The second kappa shape index (κ2) is 10.6. The van der Waals surface area contributed by atoms with Gasteiger partial charge in [0, 0.05) is 6.54 Å². The number of unbranched alkanes of at least 4 members (excludes halogenated alkanes) is 3. The Morgan fingerprint density at radius 1 is 1.08 bits per heavy atom. The molecule has 0 heterocycles. The zero-order valence-corrected chi connectivity index (χ0v) is 16.7. The van der Waals surface area contributed by atoms with Crippen LogP contribution in [0.5, 0.6) is 0 Å². The van der Waals surface area contributed by atoms with Crippen molar-refractivity contribution in [3.8, 4) is 0 Å². The van der Waals surface area contributed by atoms with Crippen molar-refractivity contribution in [2.45, 2.75) is 70.7 Å². The van der Waals surface area contributed by atoms with E-state index in [9.17, 15) is 13.2 Å². The molecule has 5 nitrogen and oxygen atoms in total. The lowest BCUT2D eigenvalue weighted by Crippen LogP contribution is -2.47. The van der Waals surface area contributed by atoms with Crippen LogP contribution in [0.2, 0.25) is 0 Å². The Labute approximate surface area is 152 Å². The molecule has 142 valence electrons. The van der Waals surface area contributed by atoms with Crippen LogP contribution in [0.4, 0.5) is 0 Å². The largest absolute Gasteiger partial charge is 0.355 e. The van der Waals surface area contributed by atoms with Crippen molar-refractivity contribution in [2.75, 3.05) is 6.54 Å². The van der Waals surface area contributed by atoms with E-state index in [2.05, 4.69) is 17.0 Å². The maximum Gasteiger partial charge on any atom is 0.241 e. The number of hydrogen-bond acceptors (Lipinski definition) is 3. The molecule has 1 atom stereocenters. The minimum absolute atomic E-state index is 0.183. The van der Waals surface area contributed by atoms with Crippen molar-refractivity contribution in [3.05, 3.63) is 29.8 Å². The van der Waals surface area contributed by atoms with Gasteiger partial charge in [-0.05, 0) is 37.8 Å². The van der Waals surface area contributed by atoms with Gasteiger partial charge >= 0.3 is 0 Å². The molecular formula is C19H32N2O3S. The number of rotatable bonds is 11. The van der Waals surface area contributed by atoms with Crippen molar-refractivity contribution in [1.82, 2.24) is 10.0 Å². The second-order valence-corrected chi connectivity index (χ2v) is 8.68. The van der Waals surface area contributed by atoms with Gasteiger partial charge in [0.25, 0.3) is 0 Å². The Hall–Kier alpha value is -1.40. The van der Waals surface area contributed by atoms with Gasteiger partial charge in [-0.15, -0.1) is 0 Å². The average Bonchev–Trinajstić information content (AvgIpc) is 2.53. The van der Waals surface area contributed by atoms with Crippen LogP contribution in [0.25, 0.3) is 0 Å². The van der Waals surface area contributed by atoms with Gasteiger partial charge in [-0.3, -0.25) is 4.79 Å². The molecule has 0 spiro atoms. The molecule has 2 N–H and O–H groups in total. The molecule has 0 bridgehead atoms. The highest BCUT2D eigenvalue weighted by molar-refractivity contribution is 7.89. The highest BCUT2D eigenvalue weighted by Gasteiger charge is 2.26. The van der Waals surface area contributed by atoms with E-state index < -0.39 is 16.1 Å².